The summed E-state index contributed by atoms with van der Waals surface area (Å²) in [6, 6.07) is 3.56. The number of sulfonamides is 1. The minimum atomic E-state index is -3.23. The number of nitrogens with two attached hydrogens (primary N) is 1. The van der Waals surface area contributed by atoms with Gasteiger partial charge in [0.2, 0.25) is 10.0 Å². The Morgan fingerprint density at radius 1 is 1.32 bits per heavy atom. The molecule has 22 heavy (non-hydrogen) atoms. The van der Waals surface area contributed by atoms with Crippen molar-refractivity contribution in [3.8, 4) is 0 Å². The number of pyridine rings is 1. The number of hydrogen-bond donors (Lipinski definition) is 1. The molecule has 1 aromatic rings. The third-order valence-electron chi connectivity index (χ3n) is 4.44. The zero-order valence-corrected chi connectivity index (χ0v) is 13.7. The molecule has 0 amide bonds. The molecule has 1 saturated heterocycles. The lowest BCUT2D eigenvalue weighted by Gasteiger charge is -2.33. The van der Waals surface area contributed by atoms with Crippen molar-refractivity contribution in [2.75, 3.05) is 25.4 Å². The third-order valence-corrected chi connectivity index (χ3v) is 6.80. The van der Waals surface area contributed by atoms with Crippen molar-refractivity contribution in [1.82, 2.24) is 9.29 Å². The quantitative estimate of drug-likeness (QED) is 0.912. The van der Waals surface area contributed by atoms with E-state index in [0.29, 0.717) is 31.1 Å². The molecule has 2 heterocycles. The monoisotopic (exact) mass is 325 g/mol. The van der Waals surface area contributed by atoms with Crippen LogP contribution in [0.5, 0.6) is 0 Å². The van der Waals surface area contributed by atoms with Crippen LogP contribution in [0.1, 0.15) is 43.2 Å². The van der Waals surface area contributed by atoms with Gasteiger partial charge in [0.1, 0.15) is 6.10 Å². The van der Waals surface area contributed by atoms with Crippen LogP contribution in [0.2, 0.25) is 0 Å². The summed E-state index contributed by atoms with van der Waals surface area (Å²) in [4.78, 5) is 4.45. The molecule has 0 bridgehead atoms. The second kappa shape index (κ2) is 6.14. The van der Waals surface area contributed by atoms with Crippen LogP contribution in [-0.4, -0.2) is 42.7 Å². The van der Waals surface area contributed by atoms with Gasteiger partial charge in [0, 0.05) is 24.5 Å². The van der Waals surface area contributed by atoms with Gasteiger partial charge in [0.25, 0.3) is 0 Å². The fraction of sp³-hybridized carbons (Fsp3) is 0.667. The van der Waals surface area contributed by atoms with Gasteiger partial charge < -0.3 is 10.5 Å². The van der Waals surface area contributed by atoms with E-state index in [1.165, 1.54) is 0 Å². The number of morpholine rings is 1. The maximum atomic E-state index is 12.7. The van der Waals surface area contributed by atoms with Crippen molar-refractivity contribution in [3.63, 3.8) is 0 Å². The first-order chi connectivity index (χ1) is 10.5. The molecular formula is C15H23N3O3S. The lowest BCUT2D eigenvalue weighted by Crippen LogP contribution is -2.45. The Labute approximate surface area is 131 Å². The lowest BCUT2D eigenvalue weighted by atomic mass is 10.2. The van der Waals surface area contributed by atoms with Crippen molar-refractivity contribution in [2.24, 2.45) is 0 Å². The van der Waals surface area contributed by atoms with Crippen molar-refractivity contribution >= 4 is 15.7 Å². The van der Waals surface area contributed by atoms with Crippen LogP contribution in [-0.2, 0) is 14.8 Å². The third kappa shape index (κ3) is 3.11. The van der Waals surface area contributed by atoms with Gasteiger partial charge in [-0.25, -0.2) is 8.42 Å². The molecule has 1 saturated carbocycles. The summed E-state index contributed by atoms with van der Waals surface area (Å²) in [6.07, 6.45) is 3.23. The molecule has 2 fully saturated rings. The van der Waals surface area contributed by atoms with E-state index in [-0.39, 0.29) is 11.4 Å². The Kier molecular flexibility index (Phi) is 4.38. The standard InChI is InChI=1S/C15H23N3O3S/c1-11-8-12(16)9-14(17-11)15-10-18(6-7-21-15)22(19,20)13-4-2-3-5-13/h8-9,13,15H,2-7,10H2,1H3,(H2,16,17)/t15-/m0/s1. The molecule has 0 spiro atoms. The van der Waals surface area contributed by atoms with Gasteiger partial charge in [0.05, 0.1) is 17.6 Å². The van der Waals surface area contributed by atoms with Gasteiger partial charge in [-0.1, -0.05) is 12.8 Å². The molecule has 122 valence electrons. The van der Waals surface area contributed by atoms with Crippen LogP contribution in [0.4, 0.5) is 5.69 Å². The molecule has 2 aliphatic rings. The molecule has 7 heteroatoms. The summed E-state index contributed by atoms with van der Waals surface area (Å²) in [5.41, 5.74) is 8.01. The van der Waals surface area contributed by atoms with E-state index in [1.807, 2.05) is 6.92 Å². The molecule has 0 aromatic carbocycles. The second-order valence-corrected chi connectivity index (χ2v) is 8.35. The van der Waals surface area contributed by atoms with Gasteiger partial charge >= 0.3 is 0 Å². The maximum Gasteiger partial charge on any atom is 0.217 e. The first kappa shape index (κ1) is 15.7. The maximum absolute atomic E-state index is 12.7. The highest BCUT2D eigenvalue weighted by molar-refractivity contribution is 7.89. The largest absolute Gasteiger partial charge is 0.399 e. The van der Waals surface area contributed by atoms with E-state index in [1.54, 1.807) is 16.4 Å². The molecular weight excluding hydrogens is 302 g/mol. The van der Waals surface area contributed by atoms with E-state index in [4.69, 9.17) is 10.5 Å². The zero-order valence-electron chi connectivity index (χ0n) is 12.9. The molecule has 1 aliphatic carbocycles. The molecule has 1 aliphatic heterocycles. The summed E-state index contributed by atoms with van der Waals surface area (Å²) in [7, 11) is -3.23. The van der Waals surface area contributed by atoms with E-state index < -0.39 is 10.0 Å². The average Bonchev–Trinajstić information content (AvgIpc) is 3.01. The summed E-state index contributed by atoms with van der Waals surface area (Å²) in [5, 5.41) is -0.221. The SMILES string of the molecule is Cc1cc(N)cc([C@@H]2CN(S(=O)(=O)C3CCCC3)CCO2)n1. The molecule has 1 aromatic heterocycles. The Morgan fingerprint density at radius 2 is 2.05 bits per heavy atom. The second-order valence-electron chi connectivity index (χ2n) is 6.14. The fourth-order valence-corrected chi connectivity index (χ4v) is 5.34. The Hall–Kier alpha value is -1.18. The molecule has 0 radical (unpaired) electrons. The van der Waals surface area contributed by atoms with Crippen molar-refractivity contribution in [1.29, 1.82) is 0 Å². The van der Waals surface area contributed by atoms with Gasteiger partial charge in [-0.15, -0.1) is 0 Å². The van der Waals surface area contributed by atoms with Crippen molar-refractivity contribution in [2.45, 2.75) is 44.0 Å². The highest BCUT2D eigenvalue weighted by Crippen LogP contribution is 2.30. The minimum Gasteiger partial charge on any atom is -0.399 e. The fourth-order valence-electron chi connectivity index (χ4n) is 3.32. The van der Waals surface area contributed by atoms with E-state index >= 15 is 0 Å². The van der Waals surface area contributed by atoms with Gasteiger partial charge in [-0.2, -0.15) is 4.31 Å². The topological polar surface area (TPSA) is 85.5 Å². The molecule has 3 rings (SSSR count). The number of hydrogen-bond acceptors (Lipinski definition) is 5. The minimum absolute atomic E-state index is 0.221. The Balaban J connectivity index is 1.79. The predicted molar refractivity (Wildman–Crippen MR) is 84.8 cm³/mol. The molecule has 2 N–H and O–H groups in total. The number of nitrogens with zero attached hydrogens (tertiary/aromatic N) is 2. The lowest BCUT2D eigenvalue weighted by molar-refractivity contribution is -0.00523. The smallest absolute Gasteiger partial charge is 0.217 e. The van der Waals surface area contributed by atoms with E-state index in [0.717, 1.165) is 31.4 Å². The highest BCUT2D eigenvalue weighted by Gasteiger charge is 2.37. The number of anilines is 1. The first-order valence-corrected chi connectivity index (χ1v) is 9.32. The average molecular weight is 325 g/mol. The van der Waals surface area contributed by atoms with Gasteiger partial charge in [0.15, 0.2) is 0 Å². The molecule has 1 atom stereocenters. The Bertz CT molecular complexity index is 621. The van der Waals surface area contributed by atoms with E-state index in [2.05, 4.69) is 4.98 Å². The van der Waals surface area contributed by atoms with Crippen LogP contribution in [0.25, 0.3) is 0 Å². The summed E-state index contributed by atoms with van der Waals surface area (Å²) in [6.45, 7) is 3.02. The summed E-state index contributed by atoms with van der Waals surface area (Å²) >= 11 is 0. The predicted octanol–water partition coefficient (Wildman–Crippen LogP) is 1.62. The summed E-state index contributed by atoms with van der Waals surface area (Å²) in [5.74, 6) is 0. The van der Waals surface area contributed by atoms with Crippen LogP contribution in [0, 0.1) is 6.92 Å². The molecule has 6 nitrogen and oxygen atoms in total. The van der Waals surface area contributed by atoms with Crippen LogP contribution in [0.3, 0.4) is 0 Å². The summed E-state index contributed by atoms with van der Waals surface area (Å²) < 4.78 is 32.8. The van der Waals surface area contributed by atoms with Crippen molar-refractivity contribution < 1.29 is 13.2 Å². The van der Waals surface area contributed by atoms with Crippen LogP contribution in [0.15, 0.2) is 12.1 Å². The van der Waals surface area contributed by atoms with Gasteiger partial charge in [-0.3, -0.25) is 4.98 Å². The first-order valence-electron chi connectivity index (χ1n) is 7.81. The number of rotatable bonds is 3. The van der Waals surface area contributed by atoms with Gasteiger partial charge in [-0.05, 0) is 31.9 Å². The van der Waals surface area contributed by atoms with Crippen LogP contribution >= 0.6 is 0 Å². The van der Waals surface area contributed by atoms with Crippen LogP contribution < -0.4 is 5.73 Å². The number of nitrogen functional groups attached to an aromatic ring is 1. The Morgan fingerprint density at radius 3 is 2.73 bits per heavy atom. The highest BCUT2D eigenvalue weighted by atomic mass is 32.2. The van der Waals surface area contributed by atoms with E-state index in [9.17, 15) is 8.42 Å². The molecule has 0 unspecified atom stereocenters. The normalized spacial score (nSPS) is 24.7. The van der Waals surface area contributed by atoms with Crippen molar-refractivity contribution in [3.05, 3.63) is 23.5 Å². The number of ether oxygens (including phenoxy) is 1. The number of aromatic nitrogens is 1. The zero-order chi connectivity index (χ0) is 15.7. The number of aryl methyl sites for hydroxylation is 1.